The Kier molecular flexibility index (Phi) is 9.82. The van der Waals surface area contributed by atoms with Crippen LogP contribution in [0.2, 0.25) is 0 Å². The van der Waals surface area contributed by atoms with Crippen LogP contribution < -0.4 is 27.0 Å². The topological polar surface area (TPSA) is 178 Å². The second kappa shape index (κ2) is 14.1. The first-order valence-electron chi connectivity index (χ1n) is 14.8. The van der Waals surface area contributed by atoms with Crippen LogP contribution in [0.25, 0.3) is 22.2 Å². The number of amides is 1. The van der Waals surface area contributed by atoms with E-state index in [0.29, 0.717) is 30.4 Å². The third-order valence-corrected chi connectivity index (χ3v) is 7.49. The summed E-state index contributed by atoms with van der Waals surface area (Å²) in [6.45, 7) is 5.34. The van der Waals surface area contributed by atoms with Crippen LogP contribution in [0.1, 0.15) is 31.7 Å². The molecule has 1 atom stereocenters. The number of fused-ring (bicyclic) bond motifs is 1. The number of anilines is 1. The lowest BCUT2D eigenvalue weighted by atomic mass is 10.1. The zero-order valence-electron chi connectivity index (χ0n) is 25.5. The van der Waals surface area contributed by atoms with Gasteiger partial charge in [0.25, 0.3) is 5.95 Å². The van der Waals surface area contributed by atoms with Crippen LogP contribution >= 0.6 is 0 Å². The van der Waals surface area contributed by atoms with Crippen molar-refractivity contribution in [1.29, 1.82) is 0 Å². The second-order valence-electron chi connectivity index (χ2n) is 11.2. The van der Waals surface area contributed by atoms with E-state index in [1.165, 1.54) is 0 Å². The number of H-pyrrole nitrogens is 1. The fourth-order valence-electron chi connectivity index (χ4n) is 5.01. The predicted octanol–water partition coefficient (Wildman–Crippen LogP) is 2.77. The van der Waals surface area contributed by atoms with Crippen molar-refractivity contribution in [1.82, 2.24) is 35.8 Å². The predicted molar refractivity (Wildman–Crippen MR) is 174 cm³/mol. The van der Waals surface area contributed by atoms with Gasteiger partial charge in [0.15, 0.2) is 18.1 Å². The second-order valence-corrected chi connectivity index (χ2v) is 11.2. The molecule has 1 unspecified atom stereocenters. The molecule has 1 saturated heterocycles. The highest BCUT2D eigenvalue weighted by molar-refractivity contribution is 6.06. The average Bonchev–Trinajstić information content (AvgIpc) is 3.55. The van der Waals surface area contributed by atoms with Gasteiger partial charge in [-0.3, -0.25) is 14.5 Å². The van der Waals surface area contributed by atoms with Gasteiger partial charge in [0.1, 0.15) is 5.84 Å². The number of rotatable bonds is 11. The number of aromatic nitrogens is 3. The highest BCUT2D eigenvalue weighted by Crippen LogP contribution is 2.33. The van der Waals surface area contributed by atoms with Crippen LogP contribution in [0.3, 0.4) is 0 Å². The molecule has 236 valence electrons. The first-order valence-corrected chi connectivity index (χ1v) is 14.8. The Bertz CT molecular complexity index is 1690. The van der Waals surface area contributed by atoms with Gasteiger partial charge in [0, 0.05) is 61.4 Å². The van der Waals surface area contributed by atoms with Gasteiger partial charge in [-0.05, 0) is 50.8 Å². The van der Waals surface area contributed by atoms with E-state index in [2.05, 4.69) is 51.1 Å². The zero-order valence-corrected chi connectivity index (χ0v) is 25.5. The summed E-state index contributed by atoms with van der Waals surface area (Å²) in [7, 11) is 1.80. The van der Waals surface area contributed by atoms with Crippen molar-refractivity contribution in [3.8, 4) is 11.3 Å². The number of para-hydroxylation sites is 1. The van der Waals surface area contributed by atoms with Crippen LogP contribution in [-0.2, 0) is 9.59 Å². The Balaban J connectivity index is 1.24. The van der Waals surface area contributed by atoms with Crippen LogP contribution in [0, 0.1) is 6.92 Å². The molecule has 1 saturated carbocycles. The quantitative estimate of drug-likeness (QED) is 0.0819. The number of carbonyl (C=O) groups is 2. The lowest BCUT2D eigenvalue weighted by molar-refractivity contribution is -0.117. The Morgan fingerprint density at radius 1 is 1.29 bits per heavy atom. The van der Waals surface area contributed by atoms with Gasteiger partial charge >= 0.3 is 0 Å². The summed E-state index contributed by atoms with van der Waals surface area (Å²) in [6.07, 6.45) is 9.16. The first kappa shape index (κ1) is 31.3. The summed E-state index contributed by atoms with van der Waals surface area (Å²) in [4.78, 5) is 46.9. The van der Waals surface area contributed by atoms with Gasteiger partial charge in [0.05, 0.1) is 29.5 Å². The number of carbonyl (C=O) groups excluding carboxylic acids is 2. The Hall–Kier alpha value is -5.11. The summed E-state index contributed by atoms with van der Waals surface area (Å²) in [5.41, 5.74) is 10.8. The zero-order chi connectivity index (χ0) is 31.9. The van der Waals surface area contributed by atoms with E-state index >= 15 is 0 Å². The van der Waals surface area contributed by atoms with Crippen molar-refractivity contribution in [2.45, 2.75) is 45.2 Å². The number of aliphatic imine (C=N–C) groups is 2. The molecule has 0 bridgehead atoms. The van der Waals surface area contributed by atoms with Crippen LogP contribution in [0.4, 0.5) is 16.0 Å². The molecule has 0 radical (unpaired) electrons. The van der Waals surface area contributed by atoms with E-state index in [9.17, 15) is 14.0 Å². The number of benzene rings is 1. The van der Waals surface area contributed by atoms with Crippen molar-refractivity contribution in [2.75, 3.05) is 32.0 Å². The molecule has 2 aromatic heterocycles. The van der Waals surface area contributed by atoms with Gasteiger partial charge in [-0.1, -0.05) is 12.1 Å². The number of aryl methyl sites for hydroxylation is 1. The largest absolute Gasteiger partial charge is 0.392 e. The molecular formula is C31H38FN11O2. The minimum absolute atomic E-state index is 0.0222. The number of likely N-dealkylation sites (tertiary alicyclic amines) is 1. The number of guanidine groups is 1. The van der Waals surface area contributed by atoms with Crippen molar-refractivity contribution in [2.24, 2.45) is 15.7 Å². The molecule has 3 heterocycles. The van der Waals surface area contributed by atoms with Crippen molar-refractivity contribution in [3.05, 3.63) is 60.0 Å². The summed E-state index contributed by atoms with van der Waals surface area (Å²) >= 11 is 0. The molecule has 14 heteroatoms. The molecule has 13 nitrogen and oxygen atoms in total. The summed E-state index contributed by atoms with van der Waals surface area (Å²) in [5, 5.41) is 13.0. The number of nitrogens with one attached hydrogen (secondary N) is 5. The molecule has 1 aromatic carbocycles. The molecule has 1 amide bonds. The minimum atomic E-state index is -0.908. The van der Waals surface area contributed by atoms with Gasteiger partial charge in [-0.25, -0.2) is 19.4 Å². The standard InChI is InChI=1S/C31H38FN11O2/c1-18-12-36-31(41-26(33)11-19(2)34-3)42-28(18)24-14-35-29-23(24)5-4-6-25(29)40-27(45)16-43-10-9-22(15-43)39-30(38-21-7-8-21)37-13-20(32)17-44/h4-6,11-14,17,21-22,34-35H,7-10,15-16H2,1-3H3,(H,40,45)(H2,37,38,39)(H2,33,36,41,42)/b19-11-,20-13+. The van der Waals surface area contributed by atoms with E-state index in [1.54, 1.807) is 19.3 Å². The molecule has 7 N–H and O–H groups in total. The number of hydrogen-bond donors (Lipinski definition) is 6. The van der Waals surface area contributed by atoms with Gasteiger partial charge in [-0.2, -0.15) is 4.99 Å². The van der Waals surface area contributed by atoms with Gasteiger partial charge < -0.3 is 32.0 Å². The maximum absolute atomic E-state index is 13.3. The number of nitrogens with two attached hydrogens (primary N) is 1. The summed E-state index contributed by atoms with van der Waals surface area (Å²) in [5.74, 6) is -0.0883. The first-order chi connectivity index (χ1) is 21.7. The Morgan fingerprint density at radius 3 is 2.87 bits per heavy atom. The molecule has 2 fully saturated rings. The number of halogens is 1. The highest BCUT2D eigenvalue weighted by atomic mass is 19.1. The summed E-state index contributed by atoms with van der Waals surface area (Å²) < 4.78 is 13.3. The third-order valence-electron chi connectivity index (χ3n) is 7.49. The van der Waals surface area contributed by atoms with E-state index in [4.69, 9.17) is 5.73 Å². The normalized spacial score (nSPS) is 18.3. The number of allylic oxidation sites excluding steroid dienone is 2. The SMILES string of the molecule is CN/C(C)=C\C(N)=N/c1ncc(C)c(-c2c[nH]c3c(NC(=O)CN4CCC(NC(=NC5CC5)N/C=C(/F)C=O)C4)cccc23)n1. The maximum Gasteiger partial charge on any atom is 0.251 e. The molecule has 45 heavy (non-hydrogen) atoms. The summed E-state index contributed by atoms with van der Waals surface area (Å²) in [6, 6.07) is 5.94. The number of nitrogens with zero attached hydrogens (tertiary/aromatic N) is 5. The van der Waals surface area contributed by atoms with Crippen LogP contribution in [0.15, 0.2) is 64.4 Å². The van der Waals surface area contributed by atoms with Crippen molar-refractivity contribution < 1.29 is 14.0 Å². The van der Waals surface area contributed by atoms with Crippen LogP contribution in [-0.4, -0.2) is 82.6 Å². The molecule has 5 rings (SSSR count). The molecule has 0 spiro atoms. The molecule has 3 aromatic rings. The van der Waals surface area contributed by atoms with Crippen molar-refractivity contribution >= 4 is 46.5 Å². The van der Waals surface area contributed by atoms with Gasteiger partial charge in [-0.15, -0.1) is 0 Å². The lowest BCUT2D eigenvalue weighted by Gasteiger charge is -2.18. The van der Waals surface area contributed by atoms with Crippen LogP contribution in [0.5, 0.6) is 0 Å². The molecular weight excluding hydrogens is 577 g/mol. The van der Waals surface area contributed by atoms with Crippen molar-refractivity contribution in [3.63, 3.8) is 0 Å². The highest BCUT2D eigenvalue weighted by Gasteiger charge is 2.27. The minimum Gasteiger partial charge on any atom is -0.392 e. The Morgan fingerprint density at radius 2 is 2.11 bits per heavy atom. The number of amidine groups is 1. The number of aromatic amines is 1. The molecule has 2 aliphatic rings. The number of aldehydes is 1. The monoisotopic (exact) mass is 615 g/mol. The fourth-order valence-corrected chi connectivity index (χ4v) is 5.01. The third kappa shape index (κ3) is 8.29. The van der Waals surface area contributed by atoms with Gasteiger partial charge in [0.2, 0.25) is 5.91 Å². The Labute approximate surface area is 260 Å². The van der Waals surface area contributed by atoms with E-state index < -0.39 is 5.83 Å². The molecule has 1 aliphatic carbocycles. The lowest BCUT2D eigenvalue weighted by Crippen LogP contribution is -2.43. The maximum atomic E-state index is 13.3. The molecule has 1 aliphatic heterocycles. The van der Waals surface area contributed by atoms with E-state index in [0.717, 1.165) is 53.2 Å². The average molecular weight is 616 g/mol. The van der Waals surface area contributed by atoms with E-state index in [1.807, 2.05) is 38.2 Å². The fraction of sp³-hybridized carbons (Fsp3) is 0.355. The number of hydrogen-bond acceptors (Lipinski definition) is 8. The smallest absolute Gasteiger partial charge is 0.251 e. The van der Waals surface area contributed by atoms with E-state index in [-0.39, 0.29) is 42.6 Å².